The van der Waals surface area contributed by atoms with E-state index < -0.39 is 5.54 Å². The Balaban J connectivity index is 2.52. The first-order chi connectivity index (χ1) is 7.62. The van der Waals surface area contributed by atoms with Gasteiger partial charge in [0.1, 0.15) is 0 Å². The van der Waals surface area contributed by atoms with Crippen molar-refractivity contribution in [2.75, 3.05) is 0 Å². The molecule has 1 aliphatic rings. The number of nitrogens with two attached hydrogens (primary N) is 1. The first kappa shape index (κ1) is 13.1. The van der Waals surface area contributed by atoms with E-state index in [4.69, 9.17) is 12.2 Å². The number of carbonyl (C=O) groups excluding carboxylic acids is 1. The van der Waals surface area contributed by atoms with Gasteiger partial charge in [-0.1, -0.05) is 26.2 Å². The Labute approximate surface area is 98.2 Å². The van der Waals surface area contributed by atoms with E-state index in [2.05, 4.69) is 11.2 Å². The molecule has 1 amide bonds. The second-order valence-electron chi connectivity index (χ2n) is 4.70. The summed E-state index contributed by atoms with van der Waals surface area (Å²) in [4.78, 5) is 12.1. The minimum atomic E-state index is -0.653. The van der Waals surface area contributed by atoms with Crippen LogP contribution in [0.3, 0.4) is 0 Å². The zero-order chi connectivity index (χ0) is 12.0. The molecule has 1 aliphatic carbocycles. The van der Waals surface area contributed by atoms with Crippen LogP contribution in [0, 0.1) is 12.3 Å². The Morgan fingerprint density at radius 2 is 2.12 bits per heavy atom. The Morgan fingerprint density at radius 3 is 2.62 bits per heavy atom. The molecule has 16 heavy (non-hydrogen) atoms. The van der Waals surface area contributed by atoms with Gasteiger partial charge in [-0.25, -0.2) is 0 Å². The number of rotatable bonds is 4. The second kappa shape index (κ2) is 5.91. The zero-order valence-corrected chi connectivity index (χ0v) is 10.1. The maximum atomic E-state index is 12.1. The van der Waals surface area contributed by atoms with Gasteiger partial charge in [0, 0.05) is 12.5 Å². The van der Waals surface area contributed by atoms with E-state index >= 15 is 0 Å². The molecule has 0 aromatic rings. The van der Waals surface area contributed by atoms with Crippen molar-refractivity contribution in [2.45, 2.75) is 63.5 Å². The molecule has 3 nitrogen and oxygen atoms in total. The molecule has 1 unspecified atom stereocenters. The Kier molecular flexibility index (Phi) is 4.82. The standard InChI is InChI=1S/C13H22N2O/c1-3-8-11(4-2)15-12(16)13(14)9-6-5-7-10-13/h1,11H,4-10,14H2,2H3,(H,15,16). The van der Waals surface area contributed by atoms with E-state index in [1.165, 1.54) is 6.42 Å². The molecule has 0 bridgehead atoms. The summed E-state index contributed by atoms with van der Waals surface area (Å²) >= 11 is 0. The van der Waals surface area contributed by atoms with Gasteiger partial charge in [0.05, 0.1) is 5.54 Å². The van der Waals surface area contributed by atoms with Gasteiger partial charge >= 0.3 is 0 Å². The van der Waals surface area contributed by atoms with Crippen LogP contribution in [0.1, 0.15) is 51.9 Å². The van der Waals surface area contributed by atoms with Crippen molar-refractivity contribution < 1.29 is 4.79 Å². The number of amides is 1. The van der Waals surface area contributed by atoms with Crippen LogP contribution in [0.2, 0.25) is 0 Å². The fourth-order valence-electron chi connectivity index (χ4n) is 2.18. The lowest BCUT2D eigenvalue weighted by molar-refractivity contribution is -0.128. The van der Waals surface area contributed by atoms with Gasteiger partial charge in [-0.3, -0.25) is 4.79 Å². The molecule has 90 valence electrons. The van der Waals surface area contributed by atoms with Crippen molar-refractivity contribution in [3.8, 4) is 12.3 Å². The Hall–Kier alpha value is -1.01. The van der Waals surface area contributed by atoms with Crippen LogP contribution >= 0.6 is 0 Å². The first-order valence-corrected chi connectivity index (χ1v) is 6.15. The average molecular weight is 222 g/mol. The molecular weight excluding hydrogens is 200 g/mol. The van der Waals surface area contributed by atoms with Crippen molar-refractivity contribution in [1.29, 1.82) is 0 Å². The molecule has 1 atom stereocenters. The third-order valence-electron chi connectivity index (χ3n) is 3.39. The largest absolute Gasteiger partial charge is 0.351 e. The lowest BCUT2D eigenvalue weighted by Crippen LogP contribution is -2.56. The molecule has 0 aliphatic heterocycles. The fraction of sp³-hybridized carbons (Fsp3) is 0.769. The predicted molar refractivity (Wildman–Crippen MR) is 65.7 cm³/mol. The van der Waals surface area contributed by atoms with Gasteiger partial charge < -0.3 is 11.1 Å². The summed E-state index contributed by atoms with van der Waals surface area (Å²) in [6.07, 6.45) is 11.6. The Morgan fingerprint density at radius 1 is 1.50 bits per heavy atom. The van der Waals surface area contributed by atoms with Crippen LogP contribution in [0.5, 0.6) is 0 Å². The van der Waals surface area contributed by atoms with Gasteiger partial charge in [0.25, 0.3) is 0 Å². The minimum Gasteiger partial charge on any atom is -0.351 e. The van der Waals surface area contributed by atoms with Crippen molar-refractivity contribution >= 4 is 5.91 Å². The minimum absolute atomic E-state index is 0.0192. The van der Waals surface area contributed by atoms with Crippen LogP contribution in [0.25, 0.3) is 0 Å². The molecule has 0 aromatic carbocycles. The van der Waals surface area contributed by atoms with E-state index in [0.717, 1.165) is 32.1 Å². The number of nitrogens with one attached hydrogen (secondary N) is 1. The smallest absolute Gasteiger partial charge is 0.240 e. The monoisotopic (exact) mass is 222 g/mol. The lowest BCUT2D eigenvalue weighted by Gasteiger charge is -2.33. The number of carbonyl (C=O) groups is 1. The highest BCUT2D eigenvalue weighted by Gasteiger charge is 2.35. The number of hydrogen-bond acceptors (Lipinski definition) is 2. The average Bonchev–Trinajstić information content (AvgIpc) is 2.29. The second-order valence-corrected chi connectivity index (χ2v) is 4.70. The number of hydrogen-bond donors (Lipinski definition) is 2. The third kappa shape index (κ3) is 3.24. The van der Waals surface area contributed by atoms with Gasteiger partial charge in [-0.05, 0) is 19.3 Å². The van der Waals surface area contributed by atoms with E-state index in [-0.39, 0.29) is 11.9 Å². The topological polar surface area (TPSA) is 55.1 Å². The molecule has 1 rings (SSSR count). The molecule has 1 fully saturated rings. The van der Waals surface area contributed by atoms with Crippen molar-refractivity contribution in [3.63, 3.8) is 0 Å². The van der Waals surface area contributed by atoms with E-state index in [1.54, 1.807) is 0 Å². The molecule has 0 spiro atoms. The fourth-order valence-corrected chi connectivity index (χ4v) is 2.18. The van der Waals surface area contributed by atoms with Crippen LogP contribution in [-0.4, -0.2) is 17.5 Å². The van der Waals surface area contributed by atoms with E-state index in [9.17, 15) is 4.79 Å². The van der Waals surface area contributed by atoms with Crippen LogP contribution < -0.4 is 11.1 Å². The summed E-state index contributed by atoms with van der Waals surface area (Å²) in [6, 6.07) is 0.0693. The first-order valence-electron chi connectivity index (χ1n) is 6.15. The predicted octanol–water partition coefficient (Wildman–Crippen LogP) is 1.57. The van der Waals surface area contributed by atoms with E-state index in [0.29, 0.717) is 6.42 Å². The summed E-state index contributed by atoms with van der Waals surface area (Å²) in [5.41, 5.74) is 5.49. The molecule has 0 saturated heterocycles. The van der Waals surface area contributed by atoms with Crippen molar-refractivity contribution in [1.82, 2.24) is 5.32 Å². The summed E-state index contributed by atoms with van der Waals surface area (Å²) in [5, 5.41) is 2.97. The quantitative estimate of drug-likeness (QED) is 0.709. The van der Waals surface area contributed by atoms with Crippen LogP contribution in [0.15, 0.2) is 0 Å². The van der Waals surface area contributed by atoms with Crippen molar-refractivity contribution in [3.05, 3.63) is 0 Å². The summed E-state index contributed by atoms with van der Waals surface area (Å²) < 4.78 is 0. The highest BCUT2D eigenvalue weighted by atomic mass is 16.2. The molecule has 3 heteroatoms. The maximum Gasteiger partial charge on any atom is 0.240 e. The zero-order valence-electron chi connectivity index (χ0n) is 10.1. The molecular formula is C13H22N2O. The van der Waals surface area contributed by atoms with Crippen LogP contribution in [0.4, 0.5) is 0 Å². The Bertz CT molecular complexity index is 274. The SMILES string of the molecule is C#CCC(CC)NC(=O)C1(N)CCCCC1. The lowest BCUT2D eigenvalue weighted by atomic mass is 9.81. The summed E-state index contributed by atoms with van der Waals surface area (Å²) in [5.74, 6) is 2.56. The van der Waals surface area contributed by atoms with Gasteiger partial charge in [-0.2, -0.15) is 0 Å². The van der Waals surface area contributed by atoms with Crippen molar-refractivity contribution in [2.24, 2.45) is 5.73 Å². The summed E-state index contributed by atoms with van der Waals surface area (Å²) in [7, 11) is 0. The molecule has 0 heterocycles. The summed E-state index contributed by atoms with van der Waals surface area (Å²) in [6.45, 7) is 2.02. The van der Waals surface area contributed by atoms with Crippen LogP contribution in [-0.2, 0) is 4.79 Å². The third-order valence-corrected chi connectivity index (χ3v) is 3.39. The van der Waals surface area contributed by atoms with Gasteiger partial charge in [0.15, 0.2) is 0 Å². The molecule has 0 aromatic heterocycles. The molecule has 0 radical (unpaired) electrons. The van der Waals surface area contributed by atoms with Gasteiger partial charge in [-0.15, -0.1) is 12.3 Å². The van der Waals surface area contributed by atoms with Gasteiger partial charge in [0.2, 0.25) is 5.91 Å². The number of terminal acetylenes is 1. The highest BCUT2D eigenvalue weighted by molar-refractivity contribution is 5.86. The maximum absolute atomic E-state index is 12.1. The normalized spacial score (nSPS) is 20.8. The molecule has 3 N–H and O–H groups in total. The highest BCUT2D eigenvalue weighted by Crippen LogP contribution is 2.26. The van der Waals surface area contributed by atoms with E-state index in [1.807, 2.05) is 6.92 Å². The molecule has 1 saturated carbocycles.